The van der Waals surface area contributed by atoms with E-state index in [1.807, 2.05) is 26.0 Å². The van der Waals surface area contributed by atoms with Gasteiger partial charge in [-0.2, -0.15) is 0 Å². The van der Waals surface area contributed by atoms with Crippen molar-refractivity contribution in [2.75, 3.05) is 0 Å². The van der Waals surface area contributed by atoms with Crippen molar-refractivity contribution in [2.45, 2.75) is 44.9 Å². The zero-order chi connectivity index (χ0) is 20.8. The highest BCUT2D eigenvalue weighted by atomic mass is 16.5. The molecule has 6 nitrogen and oxygen atoms in total. The Hall–Kier alpha value is -3.15. The van der Waals surface area contributed by atoms with Crippen LogP contribution in [0.25, 0.3) is 0 Å². The molecule has 29 heavy (non-hydrogen) atoms. The monoisotopic (exact) mass is 394 g/mol. The molecular weight excluding hydrogens is 368 g/mol. The van der Waals surface area contributed by atoms with Crippen LogP contribution in [0.2, 0.25) is 0 Å². The quantitative estimate of drug-likeness (QED) is 0.674. The summed E-state index contributed by atoms with van der Waals surface area (Å²) in [5, 5.41) is 5.63. The summed E-state index contributed by atoms with van der Waals surface area (Å²) in [5.74, 6) is -1.55. The molecule has 1 aliphatic carbocycles. The molecule has 0 aromatic heterocycles. The normalized spacial score (nSPS) is 15.3. The summed E-state index contributed by atoms with van der Waals surface area (Å²) >= 11 is 0. The second kappa shape index (κ2) is 9.37. The summed E-state index contributed by atoms with van der Waals surface area (Å²) < 4.78 is 5.62. The summed E-state index contributed by atoms with van der Waals surface area (Å²) in [6.45, 7) is 3.64. The molecule has 6 heteroatoms. The van der Waals surface area contributed by atoms with E-state index in [0.29, 0.717) is 11.1 Å². The molecule has 1 aliphatic rings. The SMILES string of the molecule is CC(C)[C@H](NC(=O)c1ccccc1)C(=O)OC(C(=O)NC1CC1)c1ccccc1. The maximum absolute atomic E-state index is 12.9. The molecule has 0 radical (unpaired) electrons. The molecule has 3 rings (SSSR count). The van der Waals surface area contributed by atoms with E-state index in [1.54, 1.807) is 48.5 Å². The lowest BCUT2D eigenvalue weighted by atomic mass is 10.0. The van der Waals surface area contributed by atoms with Gasteiger partial charge in [-0.25, -0.2) is 4.79 Å². The maximum atomic E-state index is 12.9. The molecule has 1 fully saturated rings. The van der Waals surface area contributed by atoms with Crippen LogP contribution < -0.4 is 10.6 Å². The number of esters is 1. The Bertz CT molecular complexity index is 848. The van der Waals surface area contributed by atoms with E-state index >= 15 is 0 Å². The van der Waals surface area contributed by atoms with Crippen molar-refractivity contribution in [3.63, 3.8) is 0 Å². The molecule has 2 N–H and O–H groups in total. The lowest BCUT2D eigenvalue weighted by molar-refractivity contribution is -0.159. The van der Waals surface area contributed by atoms with Gasteiger partial charge in [0.1, 0.15) is 6.04 Å². The Morgan fingerprint density at radius 3 is 2.07 bits per heavy atom. The lowest BCUT2D eigenvalue weighted by Crippen LogP contribution is -2.46. The number of benzene rings is 2. The van der Waals surface area contributed by atoms with Crippen molar-refractivity contribution in [2.24, 2.45) is 5.92 Å². The molecule has 0 spiro atoms. The average Bonchev–Trinajstić information content (AvgIpc) is 3.54. The molecule has 152 valence electrons. The molecule has 1 unspecified atom stereocenters. The summed E-state index contributed by atoms with van der Waals surface area (Å²) in [6.07, 6.45) is 0.811. The number of carbonyl (C=O) groups is 3. The van der Waals surface area contributed by atoms with Gasteiger partial charge in [0.2, 0.25) is 6.10 Å². The van der Waals surface area contributed by atoms with Gasteiger partial charge >= 0.3 is 5.97 Å². The summed E-state index contributed by atoms with van der Waals surface area (Å²) in [6, 6.07) is 16.8. The Morgan fingerprint density at radius 2 is 1.52 bits per heavy atom. The second-order valence-electron chi connectivity index (χ2n) is 7.57. The highest BCUT2D eigenvalue weighted by Crippen LogP contribution is 2.24. The highest BCUT2D eigenvalue weighted by Gasteiger charge is 2.34. The fourth-order valence-corrected chi connectivity index (χ4v) is 2.91. The van der Waals surface area contributed by atoms with Crippen LogP contribution in [0, 0.1) is 5.92 Å². The number of ether oxygens (including phenoxy) is 1. The number of hydrogen-bond acceptors (Lipinski definition) is 4. The number of amides is 2. The van der Waals surface area contributed by atoms with Crippen molar-refractivity contribution in [1.82, 2.24) is 10.6 Å². The number of rotatable bonds is 8. The van der Waals surface area contributed by atoms with E-state index < -0.39 is 18.1 Å². The van der Waals surface area contributed by atoms with Gasteiger partial charge in [-0.05, 0) is 30.9 Å². The minimum Gasteiger partial charge on any atom is -0.446 e. The number of carbonyl (C=O) groups excluding carboxylic acids is 3. The summed E-state index contributed by atoms with van der Waals surface area (Å²) in [5.41, 5.74) is 1.05. The van der Waals surface area contributed by atoms with Crippen LogP contribution in [0.15, 0.2) is 60.7 Å². The molecule has 0 heterocycles. The van der Waals surface area contributed by atoms with Crippen molar-refractivity contribution < 1.29 is 19.1 Å². The lowest BCUT2D eigenvalue weighted by Gasteiger charge is -2.24. The minimum absolute atomic E-state index is 0.145. The molecule has 0 bridgehead atoms. The molecule has 2 atom stereocenters. The van der Waals surface area contributed by atoms with Gasteiger partial charge in [0.05, 0.1) is 0 Å². The largest absolute Gasteiger partial charge is 0.446 e. The predicted molar refractivity (Wildman–Crippen MR) is 109 cm³/mol. The van der Waals surface area contributed by atoms with Gasteiger partial charge in [0.15, 0.2) is 0 Å². The third-order valence-corrected chi connectivity index (χ3v) is 4.74. The second-order valence-corrected chi connectivity index (χ2v) is 7.57. The van der Waals surface area contributed by atoms with Gasteiger partial charge in [-0.3, -0.25) is 9.59 Å². The average molecular weight is 394 g/mol. The van der Waals surface area contributed by atoms with Crippen molar-refractivity contribution >= 4 is 17.8 Å². The Morgan fingerprint density at radius 1 is 0.931 bits per heavy atom. The van der Waals surface area contributed by atoms with E-state index in [-0.39, 0.29) is 23.8 Å². The third-order valence-electron chi connectivity index (χ3n) is 4.74. The molecular formula is C23H26N2O4. The zero-order valence-corrected chi connectivity index (χ0v) is 16.6. The smallest absolute Gasteiger partial charge is 0.330 e. The standard InChI is InChI=1S/C23H26N2O4/c1-15(2)19(25-21(26)17-11-7-4-8-12-17)23(28)29-20(16-9-5-3-6-10-16)22(27)24-18-13-14-18/h3-12,15,18-20H,13-14H2,1-2H3,(H,24,27)(H,25,26)/t19-,20?/m0/s1. The minimum atomic E-state index is -1.06. The van der Waals surface area contributed by atoms with Crippen LogP contribution >= 0.6 is 0 Å². The molecule has 1 saturated carbocycles. The Labute approximate surface area is 170 Å². The molecule has 0 saturated heterocycles. The number of nitrogens with one attached hydrogen (secondary N) is 2. The Balaban J connectivity index is 1.74. The van der Waals surface area contributed by atoms with Gasteiger partial charge in [-0.1, -0.05) is 62.4 Å². The molecule has 0 aliphatic heterocycles. The molecule has 2 aromatic carbocycles. The van der Waals surface area contributed by atoms with Gasteiger partial charge < -0.3 is 15.4 Å². The number of hydrogen-bond donors (Lipinski definition) is 2. The molecule has 2 aromatic rings. The third kappa shape index (κ3) is 5.67. The Kier molecular flexibility index (Phi) is 6.65. The van der Waals surface area contributed by atoms with Crippen LogP contribution in [0.5, 0.6) is 0 Å². The van der Waals surface area contributed by atoms with Gasteiger partial charge in [0, 0.05) is 17.2 Å². The van der Waals surface area contributed by atoms with Gasteiger partial charge in [0.25, 0.3) is 11.8 Å². The van der Waals surface area contributed by atoms with Gasteiger partial charge in [-0.15, -0.1) is 0 Å². The maximum Gasteiger partial charge on any atom is 0.330 e. The molecule has 2 amide bonds. The van der Waals surface area contributed by atoms with Crippen molar-refractivity contribution in [3.8, 4) is 0 Å². The summed E-state index contributed by atoms with van der Waals surface area (Å²) in [7, 11) is 0. The first-order valence-electron chi connectivity index (χ1n) is 9.87. The van der Waals surface area contributed by atoms with Crippen LogP contribution in [-0.2, 0) is 14.3 Å². The van der Waals surface area contributed by atoms with E-state index in [4.69, 9.17) is 4.74 Å². The first-order chi connectivity index (χ1) is 14.0. The zero-order valence-electron chi connectivity index (χ0n) is 16.6. The fraction of sp³-hybridized carbons (Fsp3) is 0.348. The fourth-order valence-electron chi connectivity index (χ4n) is 2.91. The van der Waals surface area contributed by atoms with Crippen molar-refractivity contribution in [3.05, 3.63) is 71.8 Å². The summed E-state index contributed by atoms with van der Waals surface area (Å²) in [4.78, 5) is 38.1. The van der Waals surface area contributed by atoms with Crippen LogP contribution in [0.3, 0.4) is 0 Å². The van der Waals surface area contributed by atoms with Crippen molar-refractivity contribution in [1.29, 1.82) is 0 Å². The predicted octanol–water partition coefficient (Wildman–Crippen LogP) is 3.00. The first kappa shape index (κ1) is 20.6. The topological polar surface area (TPSA) is 84.5 Å². The highest BCUT2D eigenvalue weighted by molar-refractivity contribution is 5.97. The van der Waals surface area contributed by atoms with Crippen LogP contribution in [-0.4, -0.2) is 29.9 Å². The van der Waals surface area contributed by atoms with Crippen LogP contribution in [0.4, 0.5) is 0 Å². The van der Waals surface area contributed by atoms with E-state index in [9.17, 15) is 14.4 Å². The first-order valence-corrected chi connectivity index (χ1v) is 9.87. The van der Waals surface area contributed by atoms with E-state index in [1.165, 1.54) is 0 Å². The van der Waals surface area contributed by atoms with E-state index in [2.05, 4.69) is 10.6 Å². The van der Waals surface area contributed by atoms with E-state index in [0.717, 1.165) is 12.8 Å². The van der Waals surface area contributed by atoms with Crippen LogP contribution in [0.1, 0.15) is 48.7 Å².